The average Bonchev–Trinajstić information content (AvgIpc) is 2.76. The second kappa shape index (κ2) is 5.84. The fourth-order valence-corrected chi connectivity index (χ4v) is 2.14. The molecule has 16 heavy (non-hydrogen) atoms. The van der Waals surface area contributed by atoms with E-state index in [2.05, 4.69) is 0 Å². The smallest absolute Gasteiger partial charge is 0.323 e. The molecular weight excluding hydrogens is 208 g/mol. The number of aliphatic carboxylic acids is 1. The van der Waals surface area contributed by atoms with Crippen LogP contribution in [0.3, 0.4) is 0 Å². The quantitative estimate of drug-likeness (QED) is 0.721. The third-order valence-electron chi connectivity index (χ3n) is 3.11. The summed E-state index contributed by atoms with van der Waals surface area (Å²) in [7, 11) is 0. The minimum atomic E-state index is -0.969. The van der Waals surface area contributed by atoms with Crippen LogP contribution >= 0.6 is 0 Å². The fraction of sp³-hybridized carbons (Fsp3) is 0.818. The van der Waals surface area contributed by atoms with Gasteiger partial charge < -0.3 is 15.7 Å². The van der Waals surface area contributed by atoms with Gasteiger partial charge in [0.2, 0.25) is 5.91 Å². The maximum absolute atomic E-state index is 11.9. The first kappa shape index (κ1) is 13.0. The van der Waals surface area contributed by atoms with Crippen molar-refractivity contribution in [2.45, 2.75) is 51.1 Å². The molecule has 1 rings (SSSR count). The van der Waals surface area contributed by atoms with Crippen LogP contribution in [0.4, 0.5) is 0 Å². The zero-order chi connectivity index (χ0) is 12.1. The molecule has 1 atom stereocenters. The molecule has 92 valence electrons. The molecule has 0 saturated heterocycles. The van der Waals surface area contributed by atoms with Gasteiger partial charge in [-0.05, 0) is 19.3 Å². The second-order valence-corrected chi connectivity index (χ2v) is 4.31. The highest BCUT2D eigenvalue weighted by atomic mass is 16.4. The standard InChI is InChI=1S/C11H20N2O3/c1-2-9(12)11(16)13(7-10(14)15)8-5-3-4-6-8/h8-9H,2-7,12H2,1H3,(H,14,15)/t9-/m1/s1. The lowest BCUT2D eigenvalue weighted by molar-refractivity contribution is -0.146. The van der Waals surface area contributed by atoms with Crippen molar-refractivity contribution >= 4 is 11.9 Å². The summed E-state index contributed by atoms with van der Waals surface area (Å²) < 4.78 is 0. The molecule has 0 aliphatic heterocycles. The summed E-state index contributed by atoms with van der Waals surface area (Å²) in [5.41, 5.74) is 5.68. The monoisotopic (exact) mass is 228 g/mol. The molecule has 1 amide bonds. The average molecular weight is 228 g/mol. The van der Waals surface area contributed by atoms with Gasteiger partial charge in [-0.2, -0.15) is 0 Å². The van der Waals surface area contributed by atoms with Crippen molar-refractivity contribution in [1.82, 2.24) is 4.90 Å². The summed E-state index contributed by atoms with van der Waals surface area (Å²) in [5.74, 6) is -1.19. The van der Waals surface area contributed by atoms with Crippen molar-refractivity contribution in [3.63, 3.8) is 0 Å². The molecule has 1 saturated carbocycles. The number of amides is 1. The van der Waals surface area contributed by atoms with Crippen LogP contribution in [0, 0.1) is 0 Å². The van der Waals surface area contributed by atoms with E-state index in [4.69, 9.17) is 10.8 Å². The largest absolute Gasteiger partial charge is 0.480 e. The predicted molar refractivity (Wildman–Crippen MR) is 59.9 cm³/mol. The van der Waals surface area contributed by atoms with Crippen molar-refractivity contribution in [3.8, 4) is 0 Å². The summed E-state index contributed by atoms with van der Waals surface area (Å²) in [4.78, 5) is 24.1. The van der Waals surface area contributed by atoms with Crippen molar-refractivity contribution in [1.29, 1.82) is 0 Å². The number of rotatable bonds is 5. The SMILES string of the molecule is CC[C@@H](N)C(=O)N(CC(=O)O)C1CCCC1. The van der Waals surface area contributed by atoms with Gasteiger partial charge in [0, 0.05) is 6.04 Å². The summed E-state index contributed by atoms with van der Waals surface area (Å²) in [6.45, 7) is 1.60. The van der Waals surface area contributed by atoms with E-state index in [-0.39, 0.29) is 18.5 Å². The van der Waals surface area contributed by atoms with Gasteiger partial charge in [-0.1, -0.05) is 19.8 Å². The van der Waals surface area contributed by atoms with Crippen LogP contribution in [0.5, 0.6) is 0 Å². The lowest BCUT2D eigenvalue weighted by Crippen LogP contribution is -2.49. The van der Waals surface area contributed by atoms with E-state index < -0.39 is 12.0 Å². The molecule has 0 spiro atoms. The summed E-state index contributed by atoms with van der Waals surface area (Å²) in [5, 5.41) is 8.81. The Morgan fingerprint density at radius 3 is 2.44 bits per heavy atom. The van der Waals surface area contributed by atoms with Crippen LogP contribution in [0.1, 0.15) is 39.0 Å². The van der Waals surface area contributed by atoms with E-state index in [0.29, 0.717) is 6.42 Å². The minimum Gasteiger partial charge on any atom is -0.480 e. The van der Waals surface area contributed by atoms with Crippen molar-refractivity contribution in [2.75, 3.05) is 6.54 Å². The number of hydrogen-bond donors (Lipinski definition) is 2. The Morgan fingerprint density at radius 2 is 2.00 bits per heavy atom. The van der Waals surface area contributed by atoms with Crippen LogP contribution in [-0.4, -0.2) is 40.5 Å². The number of carboxylic acids is 1. The molecule has 3 N–H and O–H groups in total. The summed E-state index contributed by atoms with van der Waals surface area (Å²) in [6.07, 6.45) is 4.47. The van der Waals surface area contributed by atoms with Gasteiger partial charge in [0.15, 0.2) is 0 Å². The first-order valence-electron chi connectivity index (χ1n) is 5.84. The molecule has 0 aromatic heterocycles. The third-order valence-corrected chi connectivity index (χ3v) is 3.11. The van der Waals surface area contributed by atoms with Crippen LogP contribution in [0.2, 0.25) is 0 Å². The molecule has 1 aliphatic carbocycles. The van der Waals surface area contributed by atoms with Gasteiger partial charge in [0.05, 0.1) is 6.04 Å². The second-order valence-electron chi connectivity index (χ2n) is 4.31. The third kappa shape index (κ3) is 3.20. The number of nitrogens with two attached hydrogens (primary N) is 1. The van der Waals surface area contributed by atoms with Gasteiger partial charge in [-0.3, -0.25) is 9.59 Å². The maximum Gasteiger partial charge on any atom is 0.323 e. The van der Waals surface area contributed by atoms with Crippen LogP contribution in [-0.2, 0) is 9.59 Å². The number of carbonyl (C=O) groups is 2. The fourth-order valence-electron chi connectivity index (χ4n) is 2.14. The highest BCUT2D eigenvalue weighted by Crippen LogP contribution is 2.23. The molecule has 5 heteroatoms. The van der Waals surface area contributed by atoms with Crippen LogP contribution < -0.4 is 5.73 Å². The van der Waals surface area contributed by atoms with Gasteiger partial charge in [0.25, 0.3) is 0 Å². The molecule has 0 radical (unpaired) electrons. The summed E-state index contributed by atoms with van der Waals surface area (Å²) in [6, 6.07) is -0.499. The van der Waals surface area contributed by atoms with Gasteiger partial charge in [0.1, 0.15) is 6.54 Å². The number of nitrogens with zero attached hydrogens (tertiary/aromatic N) is 1. The van der Waals surface area contributed by atoms with Crippen molar-refractivity contribution in [3.05, 3.63) is 0 Å². The van der Waals surface area contributed by atoms with Crippen molar-refractivity contribution in [2.24, 2.45) is 5.73 Å². The Kier molecular flexibility index (Phi) is 4.73. The first-order valence-corrected chi connectivity index (χ1v) is 5.84. The Labute approximate surface area is 95.6 Å². The van der Waals surface area contributed by atoms with Crippen molar-refractivity contribution < 1.29 is 14.7 Å². The van der Waals surface area contributed by atoms with E-state index >= 15 is 0 Å². The molecule has 0 bridgehead atoms. The lowest BCUT2D eigenvalue weighted by Gasteiger charge is -2.29. The number of carboxylic acid groups (broad SMARTS) is 1. The normalized spacial score (nSPS) is 18.4. The van der Waals surface area contributed by atoms with E-state index in [1.165, 1.54) is 4.90 Å². The van der Waals surface area contributed by atoms with E-state index in [9.17, 15) is 9.59 Å². The molecule has 1 fully saturated rings. The predicted octanol–water partition coefficient (Wildman–Crippen LogP) is 0.579. The highest BCUT2D eigenvalue weighted by Gasteiger charge is 2.30. The molecule has 0 aromatic rings. The van der Waals surface area contributed by atoms with E-state index in [1.807, 2.05) is 6.92 Å². The van der Waals surface area contributed by atoms with E-state index in [1.54, 1.807) is 0 Å². The Hall–Kier alpha value is -1.10. The molecule has 5 nitrogen and oxygen atoms in total. The first-order chi connectivity index (χ1) is 7.56. The van der Waals surface area contributed by atoms with Gasteiger partial charge in [-0.15, -0.1) is 0 Å². The molecule has 0 unspecified atom stereocenters. The number of carbonyl (C=O) groups excluding carboxylic acids is 1. The minimum absolute atomic E-state index is 0.0706. The van der Waals surface area contributed by atoms with Gasteiger partial charge in [-0.25, -0.2) is 0 Å². The molecule has 0 heterocycles. The zero-order valence-electron chi connectivity index (χ0n) is 9.69. The maximum atomic E-state index is 11.9. The molecule has 0 aromatic carbocycles. The topological polar surface area (TPSA) is 83.6 Å². The lowest BCUT2D eigenvalue weighted by atomic mass is 10.1. The molecular formula is C11H20N2O3. The van der Waals surface area contributed by atoms with Crippen LogP contribution in [0.25, 0.3) is 0 Å². The Bertz CT molecular complexity index is 262. The number of hydrogen-bond acceptors (Lipinski definition) is 3. The van der Waals surface area contributed by atoms with Gasteiger partial charge >= 0.3 is 5.97 Å². The zero-order valence-corrected chi connectivity index (χ0v) is 9.69. The van der Waals surface area contributed by atoms with E-state index in [0.717, 1.165) is 25.7 Å². The summed E-state index contributed by atoms with van der Waals surface area (Å²) >= 11 is 0. The van der Waals surface area contributed by atoms with Crippen LogP contribution in [0.15, 0.2) is 0 Å². The Morgan fingerprint density at radius 1 is 1.44 bits per heavy atom. The molecule has 1 aliphatic rings. The Balaban J connectivity index is 2.69. The highest BCUT2D eigenvalue weighted by molar-refractivity contribution is 5.85.